The zero-order chi connectivity index (χ0) is 26.0. The van der Waals surface area contributed by atoms with Crippen molar-refractivity contribution in [2.24, 2.45) is 4.99 Å². The third-order valence-corrected chi connectivity index (χ3v) is 8.66. The maximum Gasteiger partial charge on any atom is 0.244 e. The van der Waals surface area contributed by atoms with Crippen LogP contribution in [0, 0.1) is 0 Å². The van der Waals surface area contributed by atoms with Gasteiger partial charge in [-0.2, -0.15) is 9.40 Å². The number of nitrogens with zero attached hydrogens (tertiary/aromatic N) is 6. The number of amidine groups is 1. The Labute approximate surface area is 218 Å². The molecule has 0 spiro atoms. The third-order valence-electron chi connectivity index (χ3n) is 6.80. The van der Waals surface area contributed by atoms with Crippen molar-refractivity contribution in [1.82, 2.24) is 24.0 Å². The standard InChI is InChI=1S/C26H33N7O3S/c1-4-23-24-22(30-33(23)19-10-8-7-9-11-19)18-27-25(29-24)21-16-20(17-28-26(21)36-6-3)37(34,35)32-14-12-31(5-2)13-15-32/h7-11,16-17H,4-6,12-15,18H2,1-3H3,(H,27,29). The minimum absolute atomic E-state index is 0.141. The van der Waals surface area contributed by atoms with E-state index < -0.39 is 10.0 Å². The molecule has 196 valence electrons. The smallest absolute Gasteiger partial charge is 0.244 e. The Bertz CT molecular complexity index is 1400. The Balaban J connectivity index is 1.49. The molecule has 0 radical (unpaired) electrons. The second kappa shape index (κ2) is 10.6. The van der Waals surface area contributed by atoms with Gasteiger partial charge in [0.1, 0.15) is 16.4 Å². The molecule has 2 aromatic heterocycles. The van der Waals surface area contributed by atoms with Gasteiger partial charge in [-0.15, -0.1) is 0 Å². The molecular weight excluding hydrogens is 490 g/mol. The molecule has 0 atom stereocenters. The fraction of sp³-hybridized carbons (Fsp3) is 0.423. The van der Waals surface area contributed by atoms with Crippen LogP contribution in [0.1, 0.15) is 37.7 Å². The molecule has 0 bridgehead atoms. The van der Waals surface area contributed by atoms with Gasteiger partial charge in [0.2, 0.25) is 15.9 Å². The number of hydrogen-bond donors (Lipinski definition) is 1. The van der Waals surface area contributed by atoms with Crippen LogP contribution in [0.4, 0.5) is 5.69 Å². The van der Waals surface area contributed by atoms with Gasteiger partial charge in [0.05, 0.1) is 42.0 Å². The van der Waals surface area contributed by atoms with Crippen LogP contribution in [0.15, 0.2) is 52.5 Å². The summed E-state index contributed by atoms with van der Waals surface area (Å²) >= 11 is 0. The summed E-state index contributed by atoms with van der Waals surface area (Å²) in [6.07, 6.45) is 2.14. The van der Waals surface area contributed by atoms with Crippen molar-refractivity contribution < 1.29 is 13.2 Å². The van der Waals surface area contributed by atoms with Crippen molar-refractivity contribution >= 4 is 21.5 Å². The van der Waals surface area contributed by atoms with Gasteiger partial charge in [0.25, 0.3) is 0 Å². The van der Waals surface area contributed by atoms with Crippen molar-refractivity contribution in [1.29, 1.82) is 0 Å². The van der Waals surface area contributed by atoms with Crippen LogP contribution in [-0.4, -0.2) is 77.6 Å². The lowest BCUT2D eigenvalue weighted by Gasteiger charge is -2.33. The first-order valence-electron chi connectivity index (χ1n) is 12.8. The second-order valence-electron chi connectivity index (χ2n) is 8.95. The Morgan fingerprint density at radius 3 is 2.49 bits per heavy atom. The number of pyridine rings is 1. The summed E-state index contributed by atoms with van der Waals surface area (Å²) < 4.78 is 36.3. The number of sulfonamides is 1. The van der Waals surface area contributed by atoms with Crippen molar-refractivity contribution in [2.75, 3.05) is 44.6 Å². The number of aliphatic imine (C=N–C) groups is 1. The van der Waals surface area contributed by atoms with Gasteiger partial charge in [-0.3, -0.25) is 4.99 Å². The molecule has 0 amide bonds. The van der Waals surface area contributed by atoms with Crippen LogP contribution in [0.5, 0.6) is 5.88 Å². The van der Waals surface area contributed by atoms with E-state index in [4.69, 9.17) is 14.8 Å². The van der Waals surface area contributed by atoms with Gasteiger partial charge in [0.15, 0.2) is 0 Å². The van der Waals surface area contributed by atoms with Crippen molar-refractivity contribution in [3.8, 4) is 11.6 Å². The lowest BCUT2D eigenvalue weighted by atomic mass is 10.1. The van der Waals surface area contributed by atoms with E-state index in [9.17, 15) is 8.42 Å². The van der Waals surface area contributed by atoms with Crippen LogP contribution in [0.3, 0.4) is 0 Å². The van der Waals surface area contributed by atoms with Crippen molar-refractivity contribution in [3.05, 3.63) is 59.5 Å². The average molecular weight is 524 g/mol. The summed E-state index contributed by atoms with van der Waals surface area (Å²) in [6.45, 7) is 10.1. The molecule has 2 aliphatic rings. The van der Waals surface area contributed by atoms with Gasteiger partial charge in [-0.1, -0.05) is 32.0 Å². The number of likely N-dealkylation sites (N-methyl/N-ethyl adjacent to an activating group) is 1. The molecule has 1 N–H and O–H groups in total. The highest BCUT2D eigenvalue weighted by Crippen LogP contribution is 2.31. The molecule has 2 aliphatic heterocycles. The van der Waals surface area contributed by atoms with Crippen LogP contribution in [-0.2, 0) is 23.0 Å². The van der Waals surface area contributed by atoms with Crippen LogP contribution in [0.25, 0.3) is 5.69 Å². The number of fused-ring (bicyclic) bond motifs is 1. The minimum atomic E-state index is -3.70. The second-order valence-corrected chi connectivity index (χ2v) is 10.9. The first-order valence-corrected chi connectivity index (χ1v) is 14.2. The van der Waals surface area contributed by atoms with Gasteiger partial charge in [-0.25, -0.2) is 18.1 Å². The van der Waals surface area contributed by atoms with E-state index >= 15 is 0 Å². The van der Waals surface area contributed by atoms with Gasteiger partial charge >= 0.3 is 0 Å². The van der Waals surface area contributed by atoms with Crippen LogP contribution < -0.4 is 10.1 Å². The molecule has 11 heteroatoms. The van der Waals surface area contributed by atoms with E-state index in [2.05, 4.69) is 29.0 Å². The number of nitrogens with one attached hydrogen (secondary N) is 1. The average Bonchev–Trinajstić information content (AvgIpc) is 3.32. The Morgan fingerprint density at radius 2 is 1.81 bits per heavy atom. The fourth-order valence-electron chi connectivity index (χ4n) is 4.76. The van der Waals surface area contributed by atoms with E-state index in [1.165, 1.54) is 10.5 Å². The normalized spacial score (nSPS) is 16.7. The Kier molecular flexibility index (Phi) is 7.27. The number of ether oxygens (including phenoxy) is 1. The van der Waals surface area contributed by atoms with E-state index in [1.807, 2.05) is 41.9 Å². The molecule has 1 saturated heterocycles. The number of piperazine rings is 1. The highest BCUT2D eigenvalue weighted by molar-refractivity contribution is 7.89. The van der Waals surface area contributed by atoms with Gasteiger partial charge in [-0.05, 0) is 38.1 Å². The topological polar surface area (TPSA) is 105 Å². The summed E-state index contributed by atoms with van der Waals surface area (Å²) in [7, 11) is -3.70. The summed E-state index contributed by atoms with van der Waals surface area (Å²) in [5, 5.41) is 8.23. The van der Waals surface area contributed by atoms with Gasteiger partial charge < -0.3 is 15.0 Å². The summed E-state index contributed by atoms with van der Waals surface area (Å²) in [5.74, 6) is 0.874. The summed E-state index contributed by atoms with van der Waals surface area (Å²) in [6, 6.07) is 11.6. The minimum Gasteiger partial charge on any atom is -0.477 e. The van der Waals surface area contributed by atoms with E-state index in [0.29, 0.717) is 43.5 Å². The molecule has 37 heavy (non-hydrogen) atoms. The van der Waals surface area contributed by atoms with E-state index in [1.54, 1.807) is 6.07 Å². The van der Waals surface area contributed by atoms with Crippen LogP contribution >= 0.6 is 0 Å². The van der Waals surface area contributed by atoms with Gasteiger partial charge in [0, 0.05) is 26.2 Å². The maximum absolute atomic E-state index is 13.5. The molecule has 0 unspecified atom stereocenters. The molecule has 0 saturated carbocycles. The molecule has 10 nitrogen and oxygen atoms in total. The lowest BCUT2D eigenvalue weighted by Crippen LogP contribution is -2.48. The SMILES string of the molecule is CCOc1ncc(S(=O)(=O)N2CCN(CC)CC2)cc1C1=NCc2nn(-c3ccccc3)c(CC)c2N1. The highest BCUT2D eigenvalue weighted by Gasteiger charge is 2.31. The Morgan fingerprint density at radius 1 is 1.05 bits per heavy atom. The molecule has 5 rings (SSSR count). The monoisotopic (exact) mass is 523 g/mol. The van der Waals surface area contributed by atoms with Crippen molar-refractivity contribution in [2.45, 2.75) is 38.6 Å². The van der Waals surface area contributed by atoms with Crippen LogP contribution in [0.2, 0.25) is 0 Å². The highest BCUT2D eigenvalue weighted by atomic mass is 32.2. The predicted molar refractivity (Wildman–Crippen MR) is 143 cm³/mol. The summed E-state index contributed by atoms with van der Waals surface area (Å²) in [4.78, 5) is 11.5. The third kappa shape index (κ3) is 4.86. The number of hydrogen-bond acceptors (Lipinski definition) is 8. The molecule has 1 fully saturated rings. The lowest BCUT2D eigenvalue weighted by molar-refractivity contribution is 0.196. The first kappa shape index (κ1) is 25.4. The number of benzene rings is 1. The number of anilines is 1. The first-order chi connectivity index (χ1) is 18.0. The van der Waals surface area contributed by atoms with Crippen molar-refractivity contribution in [3.63, 3.8) is 0 Å². The maximum atomic E-state index is 13.5. The van der Waals surface area contributed by atoms with E-state index in [0.717, 1.165) is 48.8 Å². The number of rotatable bonds is 8. The zero-order valence-corrected chi connectivity index (χ0v) is 22.3. The fourth-order valence-corrected chi connectivity index (χ4v) is 6.16. The molecular formula is C26H33N7O3S. The quantitative estimate of drug-likeness (QED) is 0.484. The number of aromatic nitrogens is 3. The molecule has 3 aromatic rings. The molecule has 0 aliphatic carbocycles. The summed E-state index contributed by atoms with van der Waals surface area (Å²) in [5.41, 5.74) is 4.26. The Hall–Kier alpha value is -3.28. The largest absolute Gasteiger partial charge is 0.477 e. The molecule has 1 aromatic carbocycles. The van der Waals surface area contributed by atoms with E-state index in [-0.39, 0.29) is 4.90 Å². The zero-order valence-electron chi connectivity index (χ0n) is 21.5. The number of para-hydroxylation sites is 1. The molecule has 4 heterocycles. The predicted octanol–water partition coefficient (Wildman–Crippen LogP) is 2.93.